The van der Waals surface area contributed by atoms with Crippen molar-refractivity contribution in [1.29, 1.82) is 0 Å². The van der Waals surface area contributed by atoms with Gasteiger partial charge in [0, 0.05) is 11.0 Å². The van der Waals surface area contributed by atoms with Crippen molar-refractivity contribution in [3.8, 4) is 0 Å². The fourth-order valence-corrected chi connectivity index (χ4v) is 2.77. The number of carbonyl (C=O) groups is 1. The van der Waals surface area contributed by atoms with Gasteiger partial charge in [-0.2, -0.15) is 8.78 Å². The zero-order valence-corrected chi connectivity index (χ0v) is 11.9. The summed E-state index contributed by atoms with van der Waals surface area (Å²) in [5.41, 5.74) is 0.662. The second-order valence-electron chi connectivity index (χ2n) is 4.64. The highest BCUT2D eigenvalue weighted by atomic mass is 79.9. The van der Waals surface area contributed by atoms with E-state index in [2.05, 4.69) is 15.9 Å². The molecule has 1 aromatic rings. The van der Waals surface area contributed by atoms with Crippen LogP contribution in [-0.4, -0.2) is 29.7 Å². The molecular formula is C13H12BrF4NO. The number of amides is 1. The van der Waals surface area contributed by atoms with Crippen LogP contribution in [0.25, 0.3) is 0 Å². The van der Waals surface area contributed by atoms with E-state index in [1.165, 1.54) is 0 Å². The number of hydrogen-bond donors (Lipinski definition) is 0. The molecule has 1 aromatic carbocycles. The van der Waals surface area contributed by atoms with E-state index < -0.39 is 24.3 Å². The fraction of sp³-hybridized carbons (Fsp3) is 0.462. The van der Waals surface area contributed by atoms with Gasteiger partial charge in [-0.15, -0.1) is 0 Å². The molecule has 1 fully saturated rings. The number of alkyl halides is 4. The van der Waals surface area contributed by atoms with E-state index in [9.17, 15) is 22.4 Å². The average molecular weight is 354 g/mol. The number of halogens is 5. The Labute approximate surface area is 121 Å². The highest BCUT2D eigenvalue weighted by Gasteiger charge is 2.53. The van der Waals surface area contributed by atoms with E-state index in [4.69, 9.17) is 0 Å². The minimum atomic E-state index is -4.63. The summed E-state index contributed by atoms with van der Waals surface area (Å²) in [5, 5.41) is 0. The van der Waals surface area contributed by atoms with E-state index in [1.54, 1.807) is 24.3 Å². The third-order valence-electron chi connectivity index (χ3n) is 3.31. The number of rotatable bonds is 3. The summed E-state index contributed by atoms with van der Waals surface area (Å²) in [4.78, 5) is 12.5. The summed E-state index contributed by atoms with van der Waals surface area (Å²) in [6.45, 7) is 0.0678. The van der Waals surface area contributed by atoms with Gasteiger partial charge in [0.15, 0.2) is 0 Å². The zero-order chi connectivity index (χ0) is 14.9. The van der Waals surface area contributed by atoms with Crippen LogP contribution in [-0.2, 0) is 4.79 Å². The Bertz CT molecular complexity index is 509. The summed E-state index contributed by atoms with van der Waals surface area (Å²) in [7, 11) is 0. The molecule has 110 valence electrons. The van der Waals surface area contributed by atoms with Crippen molar-refractivity contribution in [2.45, 2.75) is 31.2 Å². The van der Waals surface area contributed by atoms with E-state index in [1.807, 2.05) is 0 Å². The highest BCUT2D eigenvalue weighted by Crippen LogP contribution is 2.37. The second kappa shape index (κ2) is 5.71. The molecule has 0 aliphatic carbocycles. The number of likely N-dealkylation sites (tertiary alicyclic amines) is 1. The maximum absolute atomic E-state index is 13.2. The minimum absolute atomic E-state index is 0.0678. The standard InChI is InChI=1S/C13H12BrF4NO/c14-9-4-1-3-8(7-9)10-5-2-6-19(10)12(20)13(17,18)11(15)16/h1,3-4,7,10-11H,2,5-6H2. The molecule has 0 spiro atoms. The van der Waals surface area contributed by atoms with Crippen LogP contribution < -0.4 is 0 Å². The van der Waals surface area contributed by atoms with Crippen molar-refractivity contribution < 1.29 is 22.4 Å². The van der Waals surface area contributed by atoms with Crippen LogP contribution in [0.2, 0.25) is 0 Å². The smallest absolute Gasteiger partial charge is 0.330 e. The van der Waals surface area contributed by atoms with Gasteiger partial charge in [0.1, 0.15) is 0 Å². The Morgan fingerprint density at radius 3 is 2.70 bits per heavy atom. The lowest BCUT2D eigenvalue weighted by atomic mass is 10.0. The lowest BCUT2D eigenvalue weighted by Crippen LogP contribution is -2.47. The summed E-state index contributed by atoms with van der Waals surface area (Å²) in [6.07, 6.45) is -2.98. The maximum atomic E-state index is 13.2. The molecule has 1 heterocycles. The van der Waals surface area contributed by atoms with Crippen LogP contribution in [0.1, 0.15) is 24.4 Å². The lowest BCUT2D eigenvalue weighted by Gasteiger charge is -2.28. The Kier molecular flexibility index (Phi) is 4.36. The van der Waals surface area contributed by atoms with E-state index in [0.29, 0.717) is 18.4 Å². The Morgan fingerprint density at radius 1 is 1.40 bits per heavy atom. The predicted octanol–water partition coefficient (Wildman–Crippen LogP) is 4.01. The Hall–Kier alpha value is -1.11. The van der Waals surface area contributed by atoms with Gasteiger partial charge < -0.3 is 4.90 Å². The normalized spacial score (nSPS) is 19.7. The van der Waals surface area contributed by atoms with Crippen molar-refractivity contribution in [2.24, 2.45) is 0 Å². The van der Waals surface area contributed by atoms with Crippen molar-refractivity contribution in [3.05, 3.63) is 34.3 Å². The first-order valence-electron chi connectivity index (χ1n) is 6.06. The zero-order valence-electron chi connectivity index (χ0n) is 10.3. The van der Waals surface area contributed by atoms with Gasteiger partial charge in [-0.05, 0) is 30.5 Å². The van der Waals surface area contributed by atoms with Crippen LogP contribution in [0.3, 0.4) is 0 Å². The first kappa shape index (κ1) is 15.3. The highest BCUT2D eigenvalue weighted by molar-refractivity contribution is 9.10. The quantitative estimate of drug-likeness (QED) is 0.751. The number of hydrogen-bond acceptors (Lipinski definition) is 1. The molecule has 0 radical (unpaired) electrons. The lowest BCUT2D eigenvalue weighted by molar-refractivity contribution is -0.181. The van der Waals surface area contributed by atoms with Gasteiger partial charge in [-0.25, -0.2) is 8.78 Å². The van der Waals surface area contributed by atoms with Gasteiger partial charge in [-0.1, -0.05) is 28.1 Å². The molecule has 1 unspecified atom stereocenters. The monoisotopic (exact) mass is 353 g/mol. The number of carbonyl (C=O) groups excluding carboxylic acids is 1. The Balaban J connectivity index is 2.26. The average Bonchev–Trinajstić information content (AvgIpc) is 2.86. The van der Waals surface area contributed by atoms with Crippen LogP contribution >= 0.6 is 15.9 Å². The molecule has 0 saturated carbocycles. The molecule has 0 N–H and O–H groups in total. The minimum Gasteiger partial charge on any atom is -0.330 e. The molecule has 2 nitrogen and oxygen atoms in total. The molecule has 1 atom stereocenters. The van der Waals surface area contributed by atoms with Crippen molar-refractivity contribution in [2.75, 3.05) is 6.54 Å². The third kappa shape index (κ3) is 2.82. The molecule has 1 saturated heterocycles. The predicted molar refractivity (Wildman–Crippen MR) is 68.8 cm³/mol. The van der Waals surface area contributed by atoms with Gasteiger partial charge in [-0.3, -0.25) is 4.79 Å². The molecule has 0 bridgehead atoms. The summed E-state index contributed by atoms with van der Waals surface area (Å²) >= 11 is 3.26. The molecule has 1 aliphatic rings. The summed E-state index contributed by atoms with van der Waals surface area (Å²) < 4.78 is 51.8. The first-order chi connectivity index (χ1) is 9.34. The van der Waals surface area contributed by atoms with Gasteiger partial charge in [0.2, 0.25) is 0 Å². The van der Waals surface area contributed by atoms with Crippen LogP contribution in [0.4, 0.5) is 17.6 Å². The van der Waals surface area contributed by atoms with Crippen LogP contribution in [0.5, 0.6) is 0 Å². The molecular weight excluding hydrogens is 342 g/mol. The molecule has 0 aromatic heterocycles. The molecule has 1 amide bonds. The Morgan fingerprint density at radius 2 is 2.10 bits per heavy atom. The summed E-state index contributed by atoms with van der Waals surface area (Å²) in [5.74, 6) is -6.43. The van der Waals surface area contributed by atoms with Gasteiger partial charge in [0.05, 0.1) is 6.04 Å². The molecule has 20 heavy (non-hydrogen) atoms. The molecule has 7 heteroatoms. The third-order valence-corrected chi connectivity index (χ3v) is 3.80. The van der Waals surface area contributed by atoms with Crippen molar-refractivity contribution >= 4 is 21.8 Å². The fourth-order valence-electron chi connectivity index (χ4n) is 2.36. The van der Waals surface area contributed by atoms with Gasteiger partial charge in [0.25, 0.3) is 5.91 Å². The summed E-state index contributed by atoms with van der Waals surface area (Å²) in [6, 6.07) is 6.30. The van der Waals surface area contributed by atoms with Crippen molar-refractivity contribution in [3.63, 3.8) is 0 Å². The van der Waals surface area contributed by atoms with Crippen LogP contribution in [0.15, 0.2) is 28.7 Å². The van der Waals surface area contributed by atoms with E-state index in [0.717, 1.165) is 9.37 Å². The van der Waals surface area contributed by atoms with E-state index in [-0.39, 0.29) is 6.54 Å². The second-order valence-corrected chi connectivity index (χ2v) is 5.55. The first-order valence-corrected chi connectivity index (χ1v) is 6.86. The molecule has 2 rings (SSSR count). The largest absolute Gasteiger partial charge is 0.383 e. The van der Waals surface area contributed by atoms with Crippen LogP contribution in [0, 0.1) is 0 Å². The number of nitrogens with zero attached hydrogens (tertiary/aromatic N) is 1. The SMILES string of the molecule is O=C(N1CCCC1c1cccc(Br)c1)C(F)(F)C(F)F. The van der Waals surface area contributed by atoms with Crippen molar-refractivity contribution in [1.82, 2.24) is 4.90 Å². The van der Waals surface area contributed by atoms with E-state index >= 15 is 0 Å². The number of benzene rings is 1. The maximum Gasteiger partial charge on any atom is 0.383 e. The van der Waals surface area contributed by atoms with Gasteiger partial charge >= 0.3 is 12.3 Å². The molecule has 1 aliphatic heterocycles. The topological polar surface area (TPSA) is 20.3 Å².